The van der Waals surface area contributed by atoms with Crippen LogP contribution in [0.1, 0.15) is 39.2 Å². The highest BCUT2D eigenvalue weighted by molar-refractivity contribution is 7.96. The third-order valence-corrected chi connectivity index (χ3v) is 8.02. The van der Waals surface area contributed by atoms with E-state index in [1.807, 2.05) is 20.8 Å². The van der Waals surface area contributed by atoms with Crippen LogP contribution in [-0.4, -0.2) is 33.5 Å². The lowest BCUT2D eigenvalue weighted by Gasteiger charge is -2.32. The van der Waals surface area contributed by atoms with Crippen LogP contribution in [0.5, 0.6) is 0 Å². The molecule has 0 saturated carbocycles. The maximum atomic E-state index is 14.9. The minimum absolute atomic E-state index is 0.0397. The van der Waals surface area contributed by atoms with E-state index in [0.29, 0.717) is 12.0 Å². The first-order chi connectivity index (χ1) is 17.8. The van der Waals surface area contributed by atoms with Gasteiger partial charge >= 0.3 is 0 Å². The van der Waals surface area contributed by atoms with Gasteiger partial charge in [-0.15, -0.1) is 12.6 Å². The van der Waals surface area contributed by atoms with Crippen molar-refractivity contribution in [3.63, 3.8) is 0 Å². The summed E-state index contributed by atoms with van der Waals surface area (Å²) in [5.41, 5.74) is 0.935. The summed E-state index contributed by atoms with van der Waals surface area (Å²) in [6, 6.07) is 11.0. The number of aromatic nitrogens is 3. The number of carbonyl (C=O) groups excluding carboxylic acids is 1. The Kier molecular flexibility index (Phi) is 7.89. The van der Waals surface area contributed by atoms with Gasteiger partial charge in [0.2, 0.25) is 10.0 Å². The number of nitrogens with one attached hydrogen (secondary N) is 1. The Labute approximate surface area is 225 Å². The fourth-order valence-corrected chi connectivity index (χ4v) is 5.76. The van der Waals surface area contributed by atoms with Crippen LogP contribution in [0.2, 0.25) is 0 Å². The van der Waals surface area contributed by atoms with E-state index in [9.17, 15) is 22.0 Å². The molecule has 0 spiro atoms. The van der Waals surface area contributed by atoms with Crippen molar-refractivity contribution in [2.24, 2.45) is 5.41 Å². The zero-order valence-electron chi connectivity index (χ0n) is 21.1. The van der Waals surface area contributed by atoms with Crippen molar-refractivity contribution in [3.05, 3.63) is 78.3 Å². The third kappa shape index (κ3) is 6.21. The number of fused-ring (bicyclic) bond motifs is 1. The van der Waals surface area contributed by atoms with Crippen LogP contribution in [0.25, 0.3) is 22.3 Å². The number of halogens is 2. The van der Waals surface area contributed by atoms with E-state index < -0.39 is 21.7 Å². The Hall–Kier alpha value is -3.31. The summed E-state index contributed by atoms with van der Waals surface area (Å²) < 4.78 is 56.8. The van der Waals surface area contributed by atoms with Crippen LogP contribution < -0.4 is 5.32 Å². The van der Waals surface area contributed by atoms with Crippen molar-refractivity contribution in [1.82, 2.24) is 13.9 Å². The van der Waals surface area contributed by atoms with Crippen LogP contribution in [0.3, 0.4) is 0 Å². The Morgan fingerprint density at radius 3 is 2.47 bits per heavy atom. The standard InChI is InChI=1S/C27H28F2N4O3S2/c1-27(2,3)24(9-10-25(34)37)32-23-12-22(30-14-21(23)29)20-15-33(26-19(20)11-18(28)13-31-26)38(35,36)16-17-7-5-4-6-8-17/h4-8,11-15,24H,9-10,16H2,1-3H3,(H,30,32)(H,34,37)/t24-/m0/s1. The highest BCUT2D eigenvalue weighted by Gasteiger charge is 2.27. The molecule has 4 rings (SSSR count). The molecule has 38 heavy (non-hydrogen) atoms. The minimum Gasteiger partial charge on any atom is -0.379 e. The third-order valence-electron chi connectivity index (χ3n) is 6.22. The average molecular weight is 559 g/mol. The van der Waals surface area contributed by atoms with Gasteiger partial charge in [0.15, 0.2) is 16.6 Å². The molecule has 0 aliphatic heterocycles. The van der Waals surface area contributed by atoms with Gasteiger partial charge in [-0.1, -0.05) is 51.1 Å². The second-order valence-electron chi connectivity index (χ2n) is 10.1. The number of carbonyl (C=O) groups is 1. The molecule has 0 aliphatic rings. The van der Waals surface area contributed by atoms with Gasteiger partial charge in [-0.3, -0.25) is 9.78 Å². The van der Waals surface area contributed by atoms with E-state index in [-0.39, 0.29) is 56.7 Å². The molecule has 0 bridgehead atoms. The van der Waals surface area contributed by atoms with Crippen LogP contribution in [-0.2, 0) is 20.6 Å². The lowest BCUT2D eigenvalue weighted by molar-refractivity contribution is -0.111. The summed E-state index contributed by atoms with van der Waals surface area (Å²) in [7, 11) is -3.94. The van der Waals surface area contributed by atoms with Crippen molar-refractivity contribution in [3.8, 4) is 11.3 Å². The second-order valence-corrected chi connectivity index (χ2v) is 12.5. The molecule has 11 heteroatoms. The van der Waals surface area contributed by atoms with Gasteiger partial charge in [0.25, 0.3) is 0 Å². The van der Waals surface area contributed by atoms with E-state index in [0.717, 1.165) is 16.4 Å². The lowest BCUT2D eigenvalue weighted by Crippen LogP contribution is -2.34. The fourth-order valence-electron chi connectivity index (χ4n) is 4.20. The summed E-state index contributed by atoms with van der Waals surface area (Å²) in [5.74, 6) is -1.57. The maximum absolute atomic E-state index is 14.9. The normalized spacial score (nSPS) is 13.0. The quantitative estimate of drug-likeness (QED) is 0.252. The average Bonchev–Trinajstić information content (AvgIpc) is 3.22. The van der Waals surface area contributed by atoms with Crippen LogP contribution in [0, 0.1) is 17.0 Å². The number of thiol groups is 1. The van der Waals surface area contributed by atoms with E-state index >= 15 is 0 Å². The van der Waals surface area contributed by atoms with Crippen molar-refractivity contribution in [1.29, 1.82) is 0 Å². The number of anilines is 1. The van der Waals surface area contributed by atoms with Gasteiger partial charge in [0.05, 0.1) is 29.5 Å². The van der Waals surface area contributed by atoms with Gasteiger partial charge in [0.1, 0.15) is 5.82 Å². The summed E-state index contributed by atoms with van der Waals surface area (Å²) in [6.45, 7) is 5.90. The Balaban J connectivity index is 1.79. The highest BCUT2D eigenvalue weighted by atomic mass is 32.2. The maximum Gasteiger partial charge on any atom is 0.244 e. The van der Waals surface area contributed by atoms with Crippen LogP contribution in [0.15, 0.2) is 61.1 Å². The summed E-state index contributed by atoms with van der Waals surface area (Å²) >= 11 is 3.84. The molecule has 1 atom stereocenters. The van der Waals surface area contributed by atoms with E-state index in [2.05, 4.69) is 27.9 Å². The molecule has 0 amide bonds. The number of pyridine rings is 2. The summed E-state index contributed by atoms with van der Waals surface area (Å²) in [4.78, 5) is 19.7. The zero-order chi connectivity index (χ0) is 27.7. The molecule has 0 radical (unpaired) electrons. The minimum atomic E-state index is -3.94. The predicted octanol–water partition coefficient (Wildman–Crippen LogP) is 5.82. The topological polar surface area (TPSA) is 94.0 Å². The fraction of sp³-hybridized carbons (Fsp3) is 0.296. The first kappa shape index (κ1) is 27.7. The van der Waals surface area contributed by atoms with E-state index in [4.69, 9.17) is 0 Å². The predicted molar refractivity (Wildman–Crippen MR) is 147 cm³/mol. The van der Waals surface area contributed by atoms with Crippen molar-refractivity contribution < 1.29 is 22.0 Å². The number of hydrogen-bond donors (Lipinski definition) is 2. The molecule has 3 aromatic heterocycles. The van der Waals surface area contributed by atoms with Crippen molar-refractivity contribution >= 4 is 44.5 Å². The van der Waals surface area contributed by atoms with Crippen molar-refractivity contribution in [2.45, 2.75) is 45.4 Å². The number of hydrogen-bond acceptors (Lipinski definition) is 6. The molecule has 4 aromatic rings. The van der Waals surface area contributed by atoms with Gasteiger partial charge < -0.3 is 5.32 Å². The molecule has 3 heterocycles. The largest absolute Gasteiger partial charge is 0.379 e. The molecule has 0 aliphatic carbocycles. The Bertz CT molecular complexity index is 1580. The first-order valence-electron chi connectivity index (χ1n) is 11.9. The molecular weight excluding hydrogens is 530 g/mol. The number of nitrogens with zero attached hydrogens (tertiary/aromatic N) is 3. The van der Waals surface area contributed by atoms with Gasteiger partial charge in [-0.25, -0.2) is 26.2 Å². The number of rotatable bonds is 9. The molecular formula is C27H28F2N4O3S2. The monoisotopic (exact) mass is 558 g/mol. The van der Waals surface area contributed by atoms with Gasteiger partial charge in [-0.05, 0) is 29.5 Å². The van der Waals surface area contributed by atoms with E-state index in [1.165, 1.54) is 18.3 Å². The highest BCUT2D eigenvalue weighted by Crippen LogP contribution is 2.34. The van der Waals surface area contributed by atoms with Gasteiger partial charge in [-0.2, -0.15) is 0 Å². The SMILES string of the molecule is CC(C)(C)[C@H](CCC(=O)S)Nc1cc(-c2cn(S(=O)(=O)Cc3ccccc3)c3ncc(F)cc23)ncc1F. The Morgan fingerprint density at radius 2 is 1.82 bits per heavy atom. The molecule has 1 aromatic carbocycles. The Morgan fingerprint density at radius 1 is 1.11 bits per heavy atom. The van der Waals surface area contributed by atoms with Crippen LogP contribution in [0.4, 0.5) is 14.5 Å². The molecule has 0 fully saturated rings. The molecule has 0 unspecified atom stereocenters. The molecule has 0 saturated heterocycles. The molecule has 200 valence electrons. The van der Waals surface area contributed by atoms with Crippen molar-refractivity contribution in [2.75, 3.05) is 5.32 Å². The molecule has 7 nitrogen and oxygen atoms in total. The van der Waals surface area contributed by atoms with Gasteiger partial charge in [0, 0.05) is 29.6 Å². The smallest absolute Gasteiger partial charge is 0.244 e. The second kappa shape index (κ2) is 10.8. The summed E-state index contributed by atoms with van der Waals surface area (Å²) in [5, 5.41) is 3.12. The summed E-state index contributed by atoms with van der Waals surface area (Å²) in [6.07, 6.45) is 3.93. The molecule has 1 N–H and O–H groups in total. The first-order valence-corrected chi connectivity index (χ1v) is 14.0. The van der Waals surface area contributed by atoms with Crippen LogP contribution >= 0.6 is 12.6 Å². The zero-order valence-corrected chi connectivity index (χ0v) is 22.9. The van der Waals surface area contributed by atoms with E-state index in [1.54, 1.807) is 30.3 Å². The number of benzene rings is 1. The lowest BCUT2D eigenvalue weighted by atomic mass is 9.84.